The van der Waals surface area contributed by atoms with E-state index >= 15 is 0 Å². The highest BCUT2D eigenvalue weighted by Crippen LogP contribution is 2.38. The van der Waals surface area contributed by atoms with Gasteiger partial charge in [-0.3, -0.25) is 24.5 Å². The maximum absolute atomic E-state index is 13.2. The molecule has 2 N–H and O–H groups in total. The van der Waals surface area contributed by atoms with Gasteiger partial charge in [-0.15, -0.1) is 11.8 Å². The second-order valence-corrected chi connectivity index (χ2v) is 7.73. The van der Waals surface area contributed by atoms with Crippen molar-refractivity contribution in [3.05, 3.63) is 58.1 Å². The molecule has 32 heavy (non-hydrogen) atoms. The smallest absolute Gasteiger partial charge is 0.418 e. The molecule has 0 unspecified atom stereocenters. The van der Waals surface area contributed by atoms with Crippen LogP contribution in [0.3, 0.4) is 0 Å². The molecule has 1 aliphatic heterocycles. The number of alkyl halides is 3. The fourth-order valence-electron chi connectivity index (χ4n) is 2.76. The molecule has 2 aromatic rings. The van der Waals surface area contributed by atoms with Crippen LogP contribution in [-0.4, -0.2) is 34.6 Å². The Morgan fingerprint density at radius 3 is 2.62 bits per heavy atom. The number of amides is 2. The normalized spacial score (nSPS) is 15.3. The highest BCUT2D eigenvalue weighted by atomic mass is 32.2. The largest absolute Gasteiger partial charge is 0.456 e. The lowest BCUT2D eigenvalue weighted by atomic mass is 10.1. The molecule has 0 saturated carbocycles. The van der Waals surface area contributed by atoms with Gasteiger partial charge >= 0.3 is 12.1 Å². The third kappa shape index (κ3) is 5.55. The summed E-state index contributed by atoms with van der Waals surface area (Å²) in [6.45, 7) is -0.900. The average Bonchev–Trinajstić information content (AvgIpc) is 2.72. The first kappa shape index (κ1) is 23.1. The molecule has 0 saturated heterocycles. The van der Waals surface area contributed by atoms with Crippen LogP contribution in [0.4, 0.5) is 30.2 Å². The standard InChI is InChI=1S/C19H14F3N3O6S/c20-19(21,22)11-7-10(25(29)30)5-6-12(11)23-16(26)9-31-17(27)8-15-18(28)24-13-3-1-2-4-14(13)32-15/h1-7,15H,8-9H2,(H,23,26)(H,24,28)/t15-/m0/s1. The number of anilines is 2. The summed E-state index contributed by atoms with van der Waals surface area (Å²) in [6, 6.07) is 8.78. The summed E-state index contributed by atoms with van der Waals surface area (Å²) in [5, 5.41) is 14.5. The Hall–Kier alpha value is -3.61. The molecule has 0 radical (unpaired) electrons. The van der Waals surface area contributed by atoms with Crippen molar-refractivity contribution in [1.29, 1.82) is 0 Å². The third-order valence-corrected chi connectivity index (χ3v) is 5.49. The van der Waals surface area contributed by atoms with E-state index in [1.807, 2.05) is 5.32 Å². The third-order valence-electron chi connectivity index (χ3n) is 4.22. The number of ether oxygens (including phenoxy) is 1. The van der Waals surface area contributed by atoms with Gasteiger partial charge in [0.05, 0.1) is 33.5 Å². The van der Waals surface area contributed by atoms with Gasteiger partial charge in [-0.05, 0) is 18.2 Å². The number of hydrogen-bond acceptors (Lipinski definition) is 7. The zero-order valence-electron chi connectivity index (χ0n) is 16.0. The van der Waals surface area contributed by atoms with E-state index in [1.165, 1.54) is 0 Å². The molecular formula is C19H14F3N3O6S. The molecule has 13 heteroatoms. The number of fused-ring (bicyclic) bond motifs is 1. The van der Waals surface area contributed by atoms with E-state index in [1.54, 1.807) is 24.3 Å². The zero-order chi connectivity index (χ0) is 23.5. The molecular weight excluding hydrogens is 455 g/mol. The Kier molecular flexibility index (Phi) is 6.67. The van der Waals surface area contributed by atoms with Gasteiger partial charge in [-0.1, -0.05) is 12.1 Å². The Bertz CT molecular complexity index is 1090. The van der Waals surface area contributed by atoms with E-state index in [9.17, 15) is 37.7 Å². The fourth-order valence-corrected chi connectivity index (χ4v) is 3.85. The van der Waals surface area contributed by atoms with Gasteiger partial charge in [0.2, 0.25) is 5.91 Å². The number of rotatable bonds is 6. The van der Waals surface area contributed by atoms with Gasteiger partial charge in [0, 0.05) is 17.0 Å². The minimum atomic E-state index is -4.97. The van der Waals surface area contributed by atoms with Gasteiger partial charge in [0.15, 0.2) is 6.61 Å². The molecule has 1 atom stereocenters. The van der Waals surface area contributed by atoms with Crippen LogP contribution in [0.2, 0.25) is 0 Å². The van der Waals surface area contributed by atoms with Crippen LogP contribution < -0.4 is 10.6 Å². The number of para-hydroxylation sites is 1. The molecule has 168 valence electrons. The van der Waals surface area contributed by atoms with E-state index < -0.39 is 57.7 Å². The summed E-state index contributed by atoms with van der Waals surface area (Å²) >= 11 is 1.15. The minimum absolute atomic E-state index is 0.290. The van der Waals surface area contributed by atoms with Gasteiger partial charge < -0.3 is 15.4 Å². The lowest BCUT2D eigenvalue weighted by Crippen LogP contribution is -2.32. The summed E-state index contributed by atoms with van der Waals surface area (Å²) in [4.78, 5) is 46.5. The topological polar surface area (TPSA) is 128 Å². The van der Waals surface area contributed by atoms with Crippen molar-refractivity contribution < 1.29 is 37.2 Å². The molecule has 2 amide bonds. The predicted molar refractivity (Wildman–Crippen MR) is 107 cm³/mol. The molecule has 2 aromatic carbocycles. The van der Waals surface area contributed by atoms with E-state index in [0.717, 1.165) is 28.8 Å². The fraction of sp³-hybridized carbons (Fsp3) is 0.211. The first-order valence-corrected chi connectivity index (χ1v) is 9.80. The van der Waals surface area contributed by atoms with Gasteiger partial charge in [-0.2, -0.15) is 13.2 Å². The number of hydrogen-bond donors (Lipinski definition) is 2. The molecule has 0 aliphatic carbocycles. The first-order valence-electron chi connectivity index (χ1n) is 8.92. The number of nitro groups is 1. The Morgan fingerprint density at radius 1 is 1.22 bits per heavy atom. The van der Waals surface area contributed by atoms with Crippen LogP contribution in [0.25, 0.3) is 0 Å². The highest BCUT2D eigenvalue weighted by Gasteiger charge is 2.36. The summed E-state index contributed by atoms with van der Waals surface area (Å²) in [5.74, 6) is -2.40. The number of nitrogens with one attached hydrogen (secondary N) is 2. The molecule has 9 nitrogen and oxygen atoms in total. The number of nitrogens with zero attached hydrogens (tertiary/aromatic N) is 1. The van der Waals surface area contributed by atoms with Crippen molar-refractivity contribution in [3.8, 4) is 0 Å². The number of non-ortho nitro benzene ring substituents is 1. The molecule has 3 rings (SSSR count). The maximum atomic E-state index is 13.2. The highest BCUT2D eigenvalue weighted by molar-refractivity contribution is 8.01. The van der Waals surface area contributed by atoms with Crippen LogP contribution >= 0.6 is 11.8 Å². The van der Waals surface area contributed by atoms with Gasteiger partial charge in [0.1, 0.15) is 0 Å². The van der Waals surface area contributed by atoms with Gasteiger partial charge in [-0.25, -0.2) is 0 Å². The molecule has 1 aliphatic rings. The zero-order valence-corrected chi connectivity index (χ0v) is 16.8. The summed E-state index contributed by atoms with van der Waals surface area (Å²) in [5.41, 5.74) is -2.33. The van der Waals surface area contributed by atoms with Crippen molar-refractivity contribution in [1.82, 2.24) is 0 Å². The summed E-state index contributed by atoms with van der Waals surface area (Å²) < 4.78 is 44.2. The predicted octanol–water partition coefficient (Wildman–Crippen LogP) is 3.60. The number of thioether (sulfide) groups is 1. The number of halogens is 3. The second-order valence-electron chi connectivity index (χ2n) is 6.49. The molecule has 0 spiro atoms. The molecule has 0 bridgehead atoms. The van der Waals surface area contributed by atoms with Crippen molar-refractivity contribution in [2.75, 3.05) is 17.2 Å². The van der Waals surface area contributed by atoms with Crippen LogP contribution in [-0.2, 0) is 25.3 Å². The monoisotopic (exact) mass is 469 g/mol. The number of esters is 1. The molecule has 0 fully saturated rings. The van der Waals surface area contributed by atoms with Crippen LogP contribution in [0.15, 0.2) is 47.4 Å². The number of benzene rings is 2. The van der Waals surface area contributed by atoms with Crippen molar-refractivity contribution >= 4 is 46.6 Å². The van der Waals surface area contributed by atoms with Crippen molar-refractivity contribution in [2.24, 2.45) is 0 Å². The van der Waals surface area contributed by atoms with Gasteiger partial charge in [0.25, 0.3) is 11.6 Å². The second kappa shape index (κ2) is 9.26. The maximum Gasteiger partial charge on any atom is 0.418 e. The lowest BCUT2D eigenvalue weighted by Gasteiger charge is -2.23. The average molecular weight is 469 g/mol. The SMILES string of the molecule is O=C(COC(=O)C[C@@H]1Sc2ccccc2NC1=O)Nc1ccc([N+](=O)[O-])cc1C(F)(F)F. The minimum Gasteiger partial charge on any atom is -0.456 e. The molecule has 0 aromatic heterocycles. The summed E-state index contributed by atoms with van der Waals surface area (Å²) in [7, 11) is 0. The Balaban J connectivity index is 1.58. The Labute approximate surface area is 182 Å². The van der Waals surface area contributed by atoms with E-state index in [2.05, 4.69) is 5.32 Å². The Morgan fingerprint density at radius 2 is 1.94 bits per heavy atom. The first-order chi connectivity index (χ1) is 15.0. The number of carbonyl (C=O) groups excluding carboxylic acids is 3. The van der Waals surface area contributed by atoms with Crippen LogP contribution in [0.1, 0.15) is 12.0 Å². The molecule has 1 heterocycles. The lowest BCUT2D eigenvalue weighted by molar-refractivity contribution is -0.385. The number of carbonyl (C=O) groups is 3. The summed E-state index contributed by atoms with van der Waals surface area (Å²) in [6.07, 6.45) is -5.32. The van der Waals surface area contributed by atoms with Crippen molar-refractivity contribution in [3.63, 3.8) is 0 Å². The van der Waals surface area contributed by atoms with E-state index in [-0.39, 0.29) is 6.42 Å². The van der Waals surface area contributed by atoms with E-state index in [0.29, 0.717) is 11.8 Å². The van der Waals surface area contributed by atoms with Crippen LogP contribution in [0, 0.1) is 10.1 Å². The quantitative estimate of drug-likeness (QED) is 0.376. The number of nitro benzene ring substituents is 1. The van der Waals surface area contributed by atoms with E-state index in [4.69, 9.17) is 4.74 Å². The van der Waals surface area contributed by atoms with Crippen LogP contribution in [0.5, 0.6) is 0 Å². The van der Waals surface area contributed by atoms with Crippen molar-refractivity contribution in [2.45, 2.75) is 22.7 Å².